The maximum Gasteiger partial charge on any atom is 0.311 e. The summed E-state index contributed by atoms with van der Waals surface area (Å²) in [7, 11) is 0. The molecule has 24 heavy (non-hydrogen) atoms. The topological polar surface area (TPSA) is 89.9 Å². The summed E-state index contributed by atoms with van der Waals surface area (Å²) in [6.45, 7) is 9.38. The number of aliphatic carboxylic acids is 1. The van der Waals surface area contributed by atoms with E-state index in [9.17, 15) is 14.4 Å². The normalized spacial score (nSPS) is 19.7. The van der Waals surface area contributed by atoms with Gasteiger partial charge < -0.3 is 14.6 Å². The molecule has 1 rings (SSSR count). The number of carboxylic acids is 1. The molecule has 138 valence electrons. The van der Waals surface area contributed by atoms with Crippen molar-refractivity contribution < 1.29 is 29.0 Å². The second-order valence-electron chi connectivity index (χ2n) is 6.03. The van der Waals surface area contributed by atoms with Crippen LogP contribution < -0.4 is 0 Å². The third-order valence-corrected chi connectivity index (χ3v) is 4.05. The van der Waals surface area contributed by atoms with Gasteiger partial charge in [0.25, 0.3) is 0 Å². The van der Waals surface area contributed by atoms with E-state index in [1.807, 2.05) is 20.8 Å². The second-order valence-corrected chi connectivity index (χ2v) is 6.03. The third kappa shape index (κ3) is 6.72. The maximum absolute atomic E-state index is 12.0. The Bertz CT molecular complexity index is 452. The van der Waals surface area contributed by atoms with Crippen molar-refractivity contribution in [2.45, 2.75) is 53.9 Å². The highest BCUT2D eigenvalue weighted by Gasteiger charge is 2.35. The first-order chi connectivity index (χ1) is 11.3. The molecular formula is C18H30O6. The smallest absolute Gasteiger partial charge is 0.311 e. The zero-order valence-corrected chi connectivity index (χ0v) is 15.3. The Balaban J connectivity index is 0.00000254. The fourth-order valence-corrected chi connectivity index (χ4v) is 2.07. The van der Waals surface area contributed by atoms with Gasteiger partial charge in [0.05, 0.1) is 17.3 Å². The van der Waals surface area contributed by atoms with E-state index in [0.717, 1.165) is 0 Å². The van der Waals surface area contributed by atoms with Gasteiger partial charge in [0, 0.05) is 0 Å². The second kappa shape index (κ2) is 10.8. The largest absolute Gasteiger partial charge is 0.481 e. The molecule has 1 aliphatic carbocycles. The summed E-state index contributed by atoms with van der Waals surface area (Å²) in [5, 5.41) is 9.11. The summed E-state index contributed by atoms with van der Waals surface area (Å²) < 4.78 is 10.1. The van der Waals surface area contributed by atoms with Crippen molar-refractivity contribution in [2.24, 2.45) is 17.3 Å². The minimum atomic E-state index is -0.998. The molecule has 0 saturated heterocycles. The lowest BCUT2D eigenvalue weighted by Gasteiger charge is -2.23. The Morgan fingerprint density at radius 1 is 1.04 bits per heavy atom. The standard InChI is InChI=1S/C16H24O6.C2H6/c1-4-16(2,3)15(20)22-10-9-21-14(19)12-8-6-5-7-11(12)13(17)18;1-2/h5-6,11-12H,4,7-10H2,1-3H3,(H,17,18);1-2H3. The van der Waals surface area contributed by atoms with E-state index in [1.165, 1.54) is 0 Å². The van der Waals surface area contributed by atoms with Crippen LogP contribution >= 0.6 is 0 Å². The van der Waals surface area contributed by atoms with Crippen LogP contribution in [0.25, 0.3) is 0 Å². The molecule has 6 heteroatoms. The molecule has 2 unspecified atom stereocenters. The molecule has 6 nitrogen and oxygen atoms in total. The number of carbonyl (C=O) groups excluding carboxylic acids is 2. The third-order valence-electron chi connectivity index (χ3n) is 4.05. The minimum absolute atomic E-state index is 0.0195. The molecule has 0 aromatic carbocycles. The van der Waals surface area contributed by atoms with E-state index in [-0.39, 0.29) is 19.2 Å². The van der Waals surface area contributed by atoms with Crippen LogP contribution in [0.1, 0.15) is 53.9 Å². The van der Waals surface area contributed by atoms with Crippen molar-refractivity contribution in [2.75, 3.05) is 13.2 Å². The van der Waals surface area contributed by atoms with Crippen LogP contribution in [0.4, 0.5) is 0 Å². The van der Waals surface area contributed by atoms with Crippen molar-refractivity contribution >= 4 is 17.9 Å². The first kappa shape index (κ1) is 22.1. The van der Waals surface area contributed by atoms with Crippen LogP contribution in [0, 0.1) is 17.3 Å². The van der Waals surface area contributed by atoms with Crippen LogP contribution in [0.2, 0.25) is 0 Å². The molecule has 0 spiro atoms. The van der Waals surface area contributed by atoms with Gasteiger partial charge in [-0.05, 0) is 33.1 Å². The van der Waals surface area contributed by atoms with E-state index in [4.69, 9.17) is 14.6 Å². The number of rotatable bonds is 7. The van der Waals surface area contributed by atoms with Gasteiger partial charge in [-0.2, -0.15) is 0 Å². The molecule has 0 bridgehead atoms. The van der Waals surface area contributed by atoms with Crippen molar-refractivity contribution in [3.8, 4) is 0 Å². The highest BCUT2D eigenvalue weighted by atomic mass is 16.6. The zero-order chi connectivity index (χ0) is 18.8. The van der Waals surface area contributed by atoms with Crippen molar-refractivity contribution in [3.63, 3.8) is 0 Å². The highest BCUT2D eigenvalue weighted by molar-refractivity contribution is 5.81. The number of hydrogen-bond donors (Lipinski definition) is 1. The summed E-state index contributed by atoms with van der Waals surface area (Å²) in [6.07, 6.45) is 4.89. The molecule has 1 N–H and O–H groups in total. The summed E-state index contributed by atoms with van der Waals surface area (Å²) >= 11 is 0. The van der Waals surface area contributed by atoms with Crippen LogP contribution in [-0.2, 0) is 23.9 Å². The number of carboxylic acid groups (broad SMARTS) is 1. The predicted molar refractivity (Wildman–Crippen MR) is 90.3 cm³/mol. The average Bonchev–Trinajstić information content (AvgIpc) is 2.59. The summed E-state index contributed by atoms with van der Waals surface area (Å²) in [6, 6.07) is 0. The van der Waals surface area contributed by atoms with E-state index in [2.05, 4.69) is 0 Å². The molecule has 0 aliphatic heterocycles. The lowest BCUT2D eigenvalue weighted by molar-refractivity contribution is -0.163. The van der Waals surface area contributed by atoms with Crippen molar-refractivity contribution in [1.29, 1.82) is 0 Å². The van der Waals surface area contributed by atoms with Crippen molar-refractivity contribution in [3.05, 3.63) is 12.2 Å². The quantitative estimate of drug-likeness (QED) is 0.434. The Kier molecular flexibility index (Phi) is 10.0. The van der Waals surface area contributed by atoms with Crippen LogP contribution in [0.3, 0.4) is 0 Å². The summed E-state index contributed by atoms with van der Waals surface area (Å²) in [5.41, 5.74) is -0.563. The first-order valence-corrected chi connectivity index (χ1v) is 8.51. The van der Waals surface area contributed by atoms with Crippen molar-refractivity contribution in [1.82, 2.24) is 0 Å². The van der Waals surface area contributed by atoms with Gasteiger partial charge in [0.2, 0.25) is 0 Å². The first-order valence-electron chi connectivity index (χ1n) is 8.51. The fourth-order valence-electron chi connectivity index (χ4n) is 2.07. The van der Waals surface area contributed by atoms with E-state index in [1.54, 1.807) is 26.0 Å². The molecule has 0 heterocycles. The predicted octanol–water partition coefficient (Wildman–Crippen LogP) is 3.20. The summed E-state index contributed by atoms with van der Waals surface area (Å²) in [5.74, 6) is -3.32. The van der Waals surface area contributed by atoms with E-state index in [0.29, 0.717) is 19.3 Å². The van der Waals surface area contributed by atoms with Crippen LogP contribution in [-0.4, -0.2) is 36.2 Å². The number of ether oxygens (including phenoxy) is 2. The van der Waals surface area contributed by atoms with Gasteiger partial charge in [0.1, 0.15) is 13.2 Å². The number of hydrogen-bond acceptors (Lipinski definition) is 5. The Labute approximate surface area is 144 Å². The van der Waals surface area contributed by atoms with Crippen LogP contribution in [0.5, 0.6) is 0 Å². The molecule has 1 aliphatic rings. The molecule has 0 aromatic heterocycles. The van der Waals surface area contributed by atoms with E-state index < -0.39 is 29.2 Å². The Morgan fingerprint density at radius 2 is 1.54 bits per heavy atom. The monoisotopic (exact) mass is 342 g/mol. The van der Waals surface area contributed by atoms with Crippen LogP contribution in [0.15, 0.2) is 12.2 Å². The number of esters is 2. The molecule has 2 atom stereocenters. The molecule has 0 aromatic rings. The molecular weight excluding hydrogens is 312 g/mol. The lowest BCUT2D eigenvalue weighted by atomic mass is 9.83. The van der Waals surface area contributed by atoms with Gasteiger partial charge in [0.15, 0.2) is 0 Å². The summed E-state index contributed by atoms with van der Waals surface area (Å²) in [4.78, 5) is 34.8. The number of carbonyl (C=O) groups is 3. The molecule has 0 saturated carbocycles. The fraction of sp³-hybridized carbons (Fsp3) is 0.722. The molecule has 0 radical (unpaired) electrons. The average molecular weight is 342 g/mol. The molecule has 0 amide bonds. The van der Waals surface area contributed by atoms with Gasteiger partial charge in [-0.15, -0.1) is 0 Å². The molecule has 0 fully saturated rings. The van der Waals surface area contributed by atoms with Gasteiger partial charge in [-0.25, -0.2) is 0 Å². The lowest BCUT2D eigenvalue weighted by Crippen LogP contribution is -2.33. The Morgan fingerprint density at radius 3 is 2.04 bits per heavy atom. The minimum Gasteiger partial charge on any atom is -0.481 e. The van der Waals surface area contributed by atoms with Gasteiger partial charge in [-0.3, -0.25) is 14.4 Å². The Hall–Kier alpha value is -1.85. The van der Waals surface area contributed by atoms with Gasteiger partial charge in [-0.1, -0.05) is 32.9 Å². The maximum atomic E-state index is 12.0. The zero-order valence-electron chi connectivity index (χ0n) is 15.3. The highest BCUT2D eigenvalue weighted by Crippen LogP contribution is 2.27. The SMILES string of the molecule is CC.CCC(C)(C)C(=O)OCCOC(=O)C1CC=CCC1C(=O)O. The van der Waals surface area contributed by atoms with Gasteiger partial charge >= 0.3 is 17.9 Å². The van der Waals surface area contributed by atoms with E-state index >= 15 is 0 Å². The number of allylic oxidation sites excluding steroid dienone is 2.